The molecule has 0 atom stereocenters. The van der Waals surface area contributed by atoms with Crippen LogP contribution in [0.2, 0.25) is 0 Å². The third-order valence-electron chi connectivity index (χ3n) is 5.20. The van der Waals surface area contributed by atoms with Crippen LogP contribution >= 0.6 is 0 Å². The number of benzene rings is 1. The first-order valence-electron chi connectivity index (χ1n) is 11.5. The van der Waals surface area contributed by atoms with Crippen LogP contribution in [0.5, 0.6) is 0 Å². The normalized spacial score (nSPS) is 10.9. The summed E-state index contributed by atoms with van der Waals surface area (Å²) in [4.78, 5) is 11.7. The molecule has 154 valence electrons. The van der Waals surface area contributed by atoms with Gasteiger partial charge in [0, 0.05) is 6.42 Å². The lowest BCUT2D eigenvalue weighted by atomic mass is 10.0. The first-order valence-corrected chi connectivity index (χ1v) is 11.5. The van der Waals surface area contributed by atoms with Crippen LogP contribution in [0.3, 0.4) is 0 Å². The highest BCUT2D eigenvalue weighted by molar-refractivity contribution is 5.69. The van der Waals surface area contributed by atoms with Crippen LogP contribution in [0.1, 0.15) is 109 Å². The number of ether oxygens (including phenoxy) is 1. The van der Waals surface area contributed by atoms with Crippen LogP contribution in [0.4, 0.5) is 0 Å². The predicted octanol–water partition coefficient (Wildman–Crippen LogP) is 7.64. The Labute approximate surface area is 168 Å². The van der Waals surface area contributed by atoms with Crippen molar-refractivity contribution in [2.75, 3.05) is 6.61 Å². The Morgan fingerprint density at radius 3 is 1.78 bits per heavy atom. The molecule has 2 nitrogen and oxygen atoms in total. The summed E-state index contributed by atoms with van der Waals surface area (Å²) in [5.74, 6) is -0.0221. The molecule has 0 radical (unpaired) electrons. The van der Waals surface area contributed by atoms with Gasteiger partial charge in [-0.1, -0.05) is 114 Å². The summed E-state index contributed by atoms with van der Waals surface area (Å²) in [7, 11) is 0. The van der Waals surface area contributed by atoms with Gasteiger partial charge in [-0.3, -0.25) is 4.79 Å². The highest BCUT2D eigenvalue weighted by Gasteiger charge is 2.02. The summed E-state index contributed by atoms with van der Waals surface area (Å²) in [6.45, 7) is 2.82. The maximum atomic E-state index is 11.7. The van der Waals surface area contributed by atoms with Crippen LogP contribution in [0, 0.1) is 0 Å². The summed E-state index contributed by atoms with van der Waals surface area (Å²) in [5.41, 5.74) is 1.31. The number of unbranched alkanes of at least 4 members (excludes halogenated alkanes) is 12. The Hall–Kier alpha value is -1.31. The number of hydrogen-bond acceptors (Lipinski definition) is 2. The minimum absolute atomic E-state index is 0.0221. The Bertz CT molecular complexity index is 441. The molecule has 1 aromatic carbocycles. The van der Waals surface area contributed by atoms with Crippen molar-refractivity contribution in [1.82, 2.24) is 0 Å². The standard InChI is InChI=1S/C25H42O2/c1-2-3-4-5-6-7-8-9-10-11-12-13-17-22-25(26)27-23-18-21-24-19-15-14-16-20-24/h14-16,19-20H,2-13,17-18,21-23H2,1H3. The number of esters is 1. The molecule has 0 unspecified atom stereocenters. The van der Waals surface area contributed by atoms with Crippen molar-refractivity contribution in [3.63, 3.8) is 0 Å². The highest BCUT2D eigenvalue weighted by Crippen LogP contribution is 2.13. The summed E-state index contributed by atoms with van der Waals surface area (Å²) in [6, 6.07) is 10.4. The Morgan fingerprint density at radius 1 is 0.704 bits per heavy atom. The molecule has 0 amide bonds. The van der Waals surface area contributed by atoms with Gasteiger partial charge in [0.25, 0.3) is 0 Å². The maximum absolute atomic E-state index is 11.7. The molecule has 0 saturated heterocycles. The van der Waals surface area contributed by atoms with Crippen LogP contribution in [-0.2, 0) is 16.0 Å². The van der Waals surface area contributed by atoms with Gasteiger partial charge in [0.15, 0.2) is 0 Å². The minimum atomic E-state index is -0.0221. The number of hydrogen-bond donors (Lipinski definition) is 0. The smallest absolute Gasteiger partial charge is 0.305 e. The van der Waals surface area contributed by atoms with Crippen molar-refractivity contribution in [2.24, 2.45) is 0 Å². The third kappa shape index (κ3) is 15.4. The van der Waals surface area contributed by atoms with Crippen LogP contribution in [-0.4, -0.2) is 12.6 Å². The molecule has 27 heavy (non-hydrogen) atoms. The zero-order valence-electron chi connectivity index (χ0n) is 17.7. The van der Waals surface area contributed by atoms with Crippen LogP contribution in [0.25, 0.3) is 0 Å². The van der Waals surface area contributed by atoms with E-state index in [9.17, 15) is 4.79 Å². The SMILES string of the molecule is CCCCCCCCCCCCCCCC(=O)OCCCc1ccccc1. The predicted molar refractivity (Wildman–Crippen MR) is 116 cm³/mol. The molecule has 1 aromatic rings. The lowest BCUT2D eigenvalue weighted by molar-refractivity contribution is -0.143. The molecule has 0 heterocycles. The summed E-state index contributed by atoms with van der Waals surface area (Å²) >= 11 is 0. The lowest BCUT2D eigenvalue weighted by Crippen LogP contribution is -2.06. The minimum Gasteiger partial charge on any atom is -0.466 e. The van der Waals surface area contributed by atoms with E-state index in [1.165, 1.54) is 76.2 Å². The second-order valence-corrected chi connectivity index (χ2v) is 7.80. The highest BCUT2D eigenvalue weighted by atomic mass is 16.5. The molecule has 1 rings (SSSR count). The van der Waals surface area contributed by atoms with Crippen LogP contribution in [0.15, 0.2) is 30.3 Å². The Morgan fingerprint density at radius 2 is 1.22 bits per heavy atom. The Kier molecular flexibility index (Phi) is 15.9. The molecule has 0 aliphatic carbocycles. The number of carbonyl (C=O) groups excluding carboxylic acids is 1. The third-order valence-corrected chi connectivity index (χ3v) is 5.20. The fourth-order valence-corrected chi connectivity index (χ4v) is 3.47. The number of rotatable bonds is 18. The first kappa shape index (κ1) is 23.7. The van der Waals surface area contributed by atoms with Gasteiger partial charge in [0.05, 0.1) is 6.61 Å². The van der Waals surface area contributed by atoms with E-state index in [4.69, 9.17) is 4.74 Å². The summed E-state index contributed by atoms with van der Waals surface area (Å²) in [6.07, 6.45) is 19.8. The fourth-order valence-electron chi connectivity index (χ4n) is 3.47. The quantitative estimate of drug-likeness (QED) is 0.195. The molecule has 0 saturated carbocycles. The van der Waals surface area contributed by atoms with E-state index in [-0.39, 0.29) is 5.97 Å². The van der Waals surface area contributed by atoms with E-state index in [1.807, 2.05) is 6.07 Å². The van der Waals surface area contributed by atoms with Gasteiger partial charge >= 0.3 is 5.97 Å². The molecule has 2 heteroatoms. The topological polar surface area (TPSA) is 26.3 Å². The van der Waals surface area contributed by atoms with Gasteiger partial charge in [0.1, 0.15) is 0 Å². The Balaban J connectivity index is 1.78. The van der Waals surface area contributed by atoms with Gasteiger partial charge in [0.2, 0.25) is 0 Å². The van der Waals surface area contributed by atoms with Gasteiger partial charge in [-0.15, -0.1) is 0 Å². The van der Waals surface area contributed by atoms with Crippen molar-refractivity contribution in [3.8, 4) is 0 Å². The molecule has 0 aliphatic rings. The molecule has 0 N–H and O–H groups in total. The van der Waals surface area contributed by atoms with Crippen molar-refractivity contribution in [2.45, 2.75) is 110 Å². The van der Waals surface area contributed by atoms with Crippen molar-refractivity contribution in [1.29, 1.82) is 0 Å². The molecule has 0 aliphatic heterocycles. The second kappa shape index (κ2) is 18.1. The molecular formula is C25H42O2. The van der Waals surface area contributed by atoms with Gasteiger partial charge < -0.3 is 4.74 Å². The van der Waals surface area contributed by atoms with E-state index in [2.05, 4.69) is 31.2 Å². The zero-order valence-corrected chi connectivity index (χ0v) is 17.7. The van der Waals surface area contributed by atoms with Crippen LogP contribution < -0.4 is 0 Å². The van der Waals surface area contributed by atoms with Gasteiger partial charge in [-0.2, -0.15) is 0 Å². The van der Waals surface area contributed by atoms with Crippen molar-refractivity contribution < 1.29 is 9.53 Å². The van der Waals surface area contributed by atoms with Crippen molar-refractivity contribution >= 4 is 5.97 Å². The molecule has 0 spiro atoms. The average Bonchev–Trinajstić information content (AvgIpc) is 2.69. The van der Waals surface area contributed by atoms with E-state index in [0.29, 0.717) is 13.0 Å². The molecule has 0 aromatic heterocycles. The number of aryl methyl sites for hydroxylation is 1. The monoisotopic (exact) mass is 374 g/mol. The lowest BCUT2D eigenvalue weighted by Gasteiger charge is -2.05. The molecular weight excluding hydrogens is 332 g/mol. The average molecular weight is 375 g/mol. The van der Waals surface area contributed by atoms with E-state index in [1.54, 1.807) is 0 Å². The van der Waals surface area contributed by atoms with Crippen molar-refractivity contribution in [3.05, 3.63) is 35.9 Å². The fraction of sp³-hybridized carbons (Fsp3) is 0.720. The van der Waals surface area contributed by atoms with E-state index >= 15 is 0 Å². The molecule has 0 fully saturated rings. The second-order valence-electron chi connectivity index (χ2n) is 7.80. The largest absolute Gasteiger partial charge is 0.466 e. The molecule has 0 bridgehead atoms. The van der Waals surface area contributed by atoms with E-state index < -0.39 is 0 Å². The van der Waals surface area contributed by atoms with Gasteiger partial charge in [-0.05, 0) is 24.8 Å². The summed E-state index contributed by atoms with van der Waals surface area (Å²) in [5, 5.41) is 0. The van der Waals surface area contributed by atoms with Gasteiger partial charge in [-0.25, -0.2) is 0 Å². The van der Waals surface area contributed by atoms with E-state index in [0.717, 1.165) is 25.7 Å². The summed E-state index contributed by atoms with van der Waals surface area (Å²) < 4.78 is 5.33. The zero-order chi connectivity index (χ0) is 19.4. The number of carbonyl (C=O) groups is 1. The first-order chi connectivity index (χ1) is 13.3. The maximum Gasteiger partial charge on any atom is 0.305 e.